The Labute approximate surface area is 162 Å². The van der Waals surface area contributed by atoms with E-state index in [1.54, 1.807) is 18.2 Å². The average molecular weight is 397 g/mol. The molecule has 0 aromatic heterocycles. The normalized spacial score (nSPS) is 16.6. The number of hydrogen-bond acceptors (Lipinski definition) is 8. The van der Waals surface area contributed by atoms with E-state index < -0.39 is 9.85 Å². The molecule has 140 valence electrons. The molecule has 0 atom stereocenters. The predicted octanol–water partition coefficient (Wildman–Crippen LogP) is 3.10. The smallest absolute Gasteiger partial charge is 0.269 e. The monoisotopic (exact) mass is 397 g/mol. The summed E-state index contributed by atoms with van der Waals surface area (Å²) in [6, 6.07) is 11.6. The van der Waals surface area contributed by atoms with Crippen LogP contribution < -0.4 is 5.32 Å². The molecule has 1 N–H and O–H groups in total. The van der Waals surface area contributed by atoms with E-state index in [0.29, 0.717) is 16.0 Å². The van der Waals surface area contributed by atoms with Gasteiger partial charge in [-0.15, -0.1) is 5.10 Å². The van der Waals surface area contributed by atoms with Gasteiger partial charge in [0, 0.05) is 24.3 Å². The Morgan fingerprint density at radius 3 is 1.96 bits per heavy atom. The van der Waals surface area contributed by atoms with Gasteiger partial charge >= 0.3 is 0 Å². The van der Waals surface area contributed by atoms with Crippen LogP contribution in [-0.2, 0) is 4.79 Å². The maximum absolute atomic E-state index is 12.0. The minimum Gasteiger partial charge on any atom is -0.299 e. The molecule has 1 heterocycles. The van der Waals surface area contributed by atoms with Crippen LogP contribution in [0, 0.1) is 20.2 Å². The molecular weight excluding hydrogens is 386 g/mol. The van der Waals surface area contributed by atoms with Crippen molar-refractivity contribution in [1.29, 1.82) is 0 Å². The molecule has 1 amide bonds. The zero-order valence-corrected chi connectivity index (χ0v) is 14.8. The van der Waals surface area contributed by atoms with Crippen molar-refractivity contribution in [3.63, 3.8) is 0 Å². The lowest BCUT2D eigenvalue weighted by molar-refractivity contribution is -0.385. The molecule has 0 saturated carbocycles. The number of nitrogens with one attached hydrogen (secondary N) is 1. The van der Waals surface area contributed by atoms with E-state index in [2.05, 4.69) is 15.5 Å². The molecule has 11 heteroatoms. The van der Waals surface area contributed by atoms with Crippen LogP contribution in [0.15, 0.2) is 63.6 Å². The number of amides is 1. The molecule has 2 aromatic rings. The van der Waals surface area contributed by atoms with Crippen LogP contribution in [0.5, 0.6) is 0 Å². The first-order valence-corrected chi connectivity index (χ1v) is 8.55. The number of nitro groups is 2. The van der Waals surface area contributed by atoms with Crippen molar-refractivity contribution in [2.75, 3.05) is 0 Å². The van der Waals surface area contributed by atoms with E-state index >= 15 is 0 Å². The van der Waals surface area contributed by atoms with E-state index in [0.717, 1.165) is 11.8 Å². The summed E-state index contributed by atoms with van der Waals surface area (Å²) in [5, 5.41) is 31.9. The number of rotatable bonds is 5. The summed E-state index contributed by atoms with van der Waals surface area (Å²) in [5.74, 6) is -0.354. The number of non-ortho nitro benzene ring substituents is 2. The molecule has 0 aliphatic carbocycles. The van der Waals surface area contributed by atoms with Crippen LogP contribution in [0.4, 0.5) is 11.4 Å². The van der Waals surface area contributed by atoms with Gasteiger partial charge in [-0.1, -0.05) is 0 Å². The molecule has 3 rings (SSSR count). The molecule has 28 heavy (non-hydrogen) atoms. The van der Waals surface area contributed by atoms with Gasteiger partial charge in [0.2, 0.25) is 0 Å². The Balaban J connectivity index is 1.67. The molecular formula is C17H11N5O5S. The first kappa shape index (κ1) is 18.9. The van der Waals surface area contributed by atoms with Crippen molar-refractivity contribution < 1.29 is 14.6 Å². The van der Waals surface area contributed by atoms with Crippen molar-refractivity contribution >= 4 is 46.5 Å². The fraction of sp³-hybridized carbons (Fsp3) is 0. The van der Waals surface area contributed by atoms with Crippen molar-refractivity contribution in [3.05, 3.63) is 84.8 Å². The highest BCUT2D eigenvalue weighted by Crippen LogP contribution is 2.26. The van der Waals surface area contributed by atoms with Crippen LogP contribution in [0.1, 0.15) is 11.1 Å². The fourth-order valence-corrected chi connectivity index (χ4v) is 2.93. The van der Waals surface area contributed by atoms with Gasteiger partial charge in [0.1, 0.15) is 0 Å². The molecule has 1 aliphatic heterocycles. The Hall–Kier alpha value is -3.86. The summed E-state index contributed by atoms with van der Waals surface area (Å²) in [4.78, 5) is 32.6. The van der Waals surface area contributed by atoms with Gasteiger partial charge in [-0.25, -0.2) is 0 Å². The first-order valence-electron chi connectivity index (χ1n) is 7.73. The number of nitro benzene ring substituents is 2. The number of carbonyl (C=O) groups is 1. The third-order valence-corrected chi connectivity index (χ3v) is 4.41. The maximum atomic E-state index is 12.0. The lowest BCUT2D eigenvalue weighted by atomic mass is 10.2. The lowest BCUT2D eigenvalue weighted by Gasteiger charge is -1.95. The maximum Gasteiger partial charge on any atom is 0.269 e. The average Bonchev–Trinajstić information content (AvgIpc) is 3.02. The second-order valence-electron chi connectivity index (χ2n) is 5.41. The summed E-state index contributed by atoms with van der Waals surface area (Å²) in [7, 11) is 0. The molecule has 0 unspecified atom stereocenters. The number of carbonyl (C=O) groups excluding carboxylic acids is 1. The zero-order valence-electron chi connectivity index (χ0n) is 14.0. The molecule has 1 aliphatic rings. The van der Waals surface area contributed by atoms with E-state index in [1.807, 2.05) is 0 Å². The molecule has 1 saturated heterocycles. The van der Waals surface area contributed by atoms with E-state index in [9.17, 15) is 25.0 Å². The summed E-state index contributed by atoms with van der Waals surface area (Å²) < 4.78 is 0. The highest BCUT2D eigenvalue weighted by molar-refractivity contribution is 8.18. The molecule has 0 radical (unpaired) electrons. The highest BCUT2D eigenvalue weighted by atomic mass is 32.2. The topological polar surface area (TPSA) is 140 Å². The molecule has 10 nitrogen and oxygen atoms in total. The van der Waals surface area contributed by atoms with Crippen molar-refractivity contribution in [2.45, 2.75) is 0 Å². The number of nitrogens with zero attached hydrogens (tertiary/aromatic N) is 4. The molecule has 0 bridgehead atoms. The third-order valence-electron chi connectivity index (χ3n) is 3.51. The Morgan fingerprint density at radius 1 is 0.893 bits per heavy atom. The highest BCUT2D eigenvalue weighted by Gasteiger charge is 2.23. The largest absolute Gasteiger partial charge is 0.299 e. The summed E-state index contributed by atoms with van der Waals surface area (Å²) >= 11 is 1.08. The van der Waals surface area contributed by atoms with Gasteiger partial charge in [-0.2, -0.15) is 5.10 Å². The summed E-state index contributed by atoms with van der Waals surface area (Å²) in [6.45, 7) is 0. The minimum absolute atomic E-state index is 0.0249. The van der Waals surface area contributed by atoms with Crippen LogP contribution in [-0.4, -0.2) is 27.1 Å². The summed E-state index contributed by atoms with van der Waals surface area (Å²) in [6.07, 6.45) is 2.99. The van der Waals surface area contributed by atoms with Crippen molar-refractivity contribution in [2.24, 2.45) is 10.2 Å². The van der Waals surface area contributed by atoms with Crippen molar-refractivity contribution in [1.82, 2.24) is 5.32 Å². The summed E-state index contributed by atoms with van der Waals surface area (Å²) in [5.41, 5.74) is 1.20. The third kappa shape index (κ3) is 4.65. The Kier molecular flexibility index (Phi) is 5.56. The Morgan fingerprint density at radius 2 is 1.43 bits per heavy atom. The van der Waals surface area contributed by atoms with E-state index in [4.69, 9.17) is 0 Å². The molecule has 0 spiro atoms. The van der Waals surface area contributed by atoms with Crippen molar-refractivity contribution in [3.8, 4) is 0 Å². The number of thioether (sulfide) groups is 1. The predicted molar refractivity (Wildman–Crippen MR) is 105 cm³/mol. The minimum atomic E-state index is -0.498. The first-order chi connectivity index (χ1) is 13.4. The van der Waals surface area contributed by atoms with Gasteiger partial charge in [0.25, 0.3) is 17.3 Å². The van der Waals surface area contributed by atoms with E-state index in [1.165, 1.54) is 42.6 Å². The standard InChI is InChI=1S/C17H11N5O5S/c23-16-15(9-11-1-5-13(6-2-11)21(24)25)28-17(19-16)20-18-10-12-3-7-14(8-4-12)22(26)27/h1-10H,(H,19,20,23)/b15-9-,18-10+. The SMILES string of the molecule is O=C1N/C(=N/N=C/c2ccc([N+](=O)[O-])cc2)S/C1=C\c1ccc([N+](=O)[O-])cc1. The quantitative estimate of drug-likeness (QED) is 0.356. The van der Waals surface area contributed by atoms with Crippen LogP contribution >= 0.6 is 11.8 Å². The van der Waals surface area contributed by atoms with E-state index in [-0.39, 0.29) is 22.4 Å². The van der Waals surface area contributed by atoms with Crippen LogP contribution in [0.25, 0.3) is 6.08 Å². The molecule has 2 aromatic carbocycles. The van der Waals surface area contributed by atoms with Crippen LogP contribution in [0.2, 0.25) is 0 Å². The van der Waals surface area contributed by atoms with Gasteiger partial charge in [0.05, 0.1) is 21.0 Å². The number of hydrogen-bond donors (Lipinski definition) is 1. The lowest BCUT2D eigenvalue weighted by Crippen LogP contribution is -2.19. The van der Waals surface area contributed by atoms with Gasteiger partial charge in [0.15, 0.2) is 5.17 Å². The number of amidine groups is 1. The molecule has 1 fully saturated rings. The Bertz CT molecular complexity index is 1030. The van der Waals surface area contributed by atoms with Crippen LogP contribution in [0.3, 0.4) is 0 Å². The van der Waals surface area contributed by atoms with Gasteiger partial charge in [-0.3, -0.25) is 30.3 Å². The van der Waals surface area contributed by atoms with Gasteiger partial charge < -0.3 is 0 Å². The van der Waals surface area contributed by atoms with Gasteiger partial charge in [-0.05, 0) is 53.2 Å². The fourth-order valence-electron chi connectivity index (χ4n) is 2.15. The second-order valence-corrected chi connectivity index (χ2v) is 6.44. The number of benzene rings is 2. The second kappa shape index (κ2) is 8.22. The zero-order chi connectivity index (χ0) is 20.1.